The summed E-state index contributed by atoms with van der Waals surface area (Å²) in [5, 5.41) is 19.8. The molecular weight excluding hydrogens is 411 g/mol. The molecule has 1 aromatic heterocycles. The van der Waals surface area contributed by atoms with Crippen LogP contribution < -0.4 is 15.4 Å². The molecule has 5 rings (SSSR count). The van der Waals surface area contributed by atoms with Crippen LogP contribution in [0.1, 0.15) is 31.2 Å². The van der Waals surface area contributed by atoms with Crippen molar-refractivity contribution in [1.29, 1.82) is 0 Å². The predicted molar refractivity (Wildman–Crippen MR) is 108 cm³/mol. The first-order chi connectivity index (χ1) is 14.6. The van der Waals surface area contributed by atoms with Gasteiger partial charge >= 0.3 is 6.03 Å². The molecule has 1 aliphatic heterocycles. The van der Waals surface area contributed by atoms with Crippen molar-refractivity contribution in [3.05, 3.63) is 53.2 Å². The van der Waals surface area contributed by atoms with E-state index in [1.807, 2.05) is 0 Å². The highest BCUT2D eigenvalue weighted by Crippen LogP contribution is 2.50. The van der Waals surface area contributed by atoms with Gasteiger partial charge in [-0.1, -0.05) is 24.1 Å². The monoisotopic (exact) mass is 427 g/mol. The Morgan fingerprint density at radius 3 is 2.90 bits per heavy atom. The molecule has 0 bridgehead atoms. The molecule has 1 unspecified atom stereocenters. The molecule has 1 radical (unpaired) electrons. The number of amides is 2. The van der Waals surface area contributed by atoms with Gasteiger partial charge in [0.1, 0.15) is 5.75 Å². The van der Waals surface area contributed by atoms with Gasteiger partial charge in [0.05, 0.1) is 21.8 Å². The molecule has 2 aromatic carbocycles. The number of ether oxygens (including phenoxy) is 1. The van der Waals surface area contributed by atoms with Gasteiger partial charge in [-0.15, -0.1) is 5.10 Å². The predicted octanol–water partition coefficient (Wildman–Crippen LogP) is 4.56. The van der Waals surface area contributed by atoms with E-state index in [9.17, 15) is 9.18 Å². The van der Waals surface area contributed by atoms with E-state index in [2.05, 4.69) is 37.7 Å². The maximum atomic E-state index is 14.8. The van der Waals surface area contributed by atoms with Crippen molar-refractivity contribution >= 4 is 23.3 Å². The number of anilines is 1. The Labute approximate surface area is 176 Å². The molecular formula is C20H17ClFN6O2. The Morgan fingerprint density at radius 1 is 1.23 bits per heavy atom. The van der Waals surface area contributed by atoms with E-state index < -0.39 is 11.4 Å². The first kappa shape index (κ1) is 18.8. The molecule has 0 saturated heterocycles. The summed E-state index contributed by atoms with van der Waals surface area (Å²) >= 11 is 6.41. The molecule has 1 spiro atoms. The number of carbonyl (C=O) groups excluding carboxylic acids is 1. The van der Waals surface area contributed by atoms with E-state index in [-0.39, 0.29) is 17.6 Å². The summed E-state index contributed by atoms with van der Waals surface area (Å²) in [6, 6.07) is 7.50. The molecule has 8 nitrogen and oxygen atoms in total. The Balaban J connectivity index is 1.67. The van der Waals surface area contributed by atoms with Crippen molar-refractivity contribution in [1.82, 2.24) is 25.9 Å². The van der Waals surface area contributed by atoms with E-state index in [0.29, 0.717) is 34.0 Å². The van der Waals surface area contributed by atoms with Crippen LogP contribution >= 0.6 is 11.6 Å². The molecule has 3 aromatic rings. The van der Waals surface area contributed by atoms with E-state index in [0.717, 1.165) is 19.3 Å². The number of hydrogen-bond acceptors (Lipinski definition) is 5. The Bertz CT molecular complexity index is 1110. The number of tetrazole rings is 1. The second kappa shape index (κ2) is 7.24. The number of benzene rings is 2. The maximum Gasteiger partial charge on any atom is 0.319 e. The third kappa shape index (κ3) is 3.06. The molecule has 1 aliphatic carbocycles. The van der Waals surface area contributed by atoms with E-state index in [1.54, 1.807) is 24.3 Å². The number of halogens is 2. The minimum Gasteiger partial charge on any atom is -0.453 e. The van der Waals surface area contributed by atoms with Crippen LogP contribution in [0.4, 0.5) is 14.9 Å². The average molecular weight is 428 g/mol. The minimum atomic E-state index is -0.671. The SMILES string of the molecule is O=C1Nc2c(Cl)ccc(Oc3c(F)cccc3-c3nnn[nH]3)c2C2(C[CH]CCC2)N1. The third-order valence-electron chi connectivity index (χ3n) is 5.47. The topological polar surface area (TPSA) is 105 Å². The van der Waals surface area contributed by atoms with Crippen molar-refractivity contribution < 1.29 is 13.9 Å². The Hall–Kier alpha value is -3.20. The van der Waals surface area contributed by atoms with Gasteiger partial charge in [0.25, 0.3) is 0 Å². The smallest absolute Gasteiger partial charge is 0.319 e. The van der Waals surface area contributed by atoms with E-state index in [4.69, 9.17) is 16.3 Å². The Morgan fingerprint density at radius 2 is 2.13 bits per heavy atom. The minimum absolute atomic E-state index is 0.0209. The summed E-state index contributed by atoms with van der Waals surface area (Å²) in [7, 11) is 0. The fourth-order valence-corrected chi connectivity index (χ4v) is 4.39. The fourth-order valence-electron chi connectivity index (χ4n) is 4.19. The number of hydrogen-bond donors (Lipinski definition) is 3. The lowest BCUT2D eigenvalue weighted by molar-refractivity contribution is 0.218. The van der Waals surface area contributed by atoms with Crippen LogP contribution in [0.25, 0.3) is 11.4 Å². The molecule has 1 fully saturated rings. The molecule has 1 saturated carbocycles. The van der Waals surface area contributed by atoms with E-state index in [1.165, 1.54) is 6.07 Å². The summed E-state index contributed by atoms with van der Waals surface area (Å²) in [5.41, 5.74) is 0.888. The van der Waals surface area contributed by atoms with E-state index >= 15 is 0 Å². The summed E-state index contributed by atoms with van der Waals surface area (Å²) in [5.74, 6) is 0.0903. The zero-order valence-corrected chi connectivity index (χ0v) is 16.5. The van der Waals surface area contributed by atoms with Gasteiger partial charge in [-0.25, -0.2) is 14.3 Å². The average Bonchev–Trinajstić information content (AvgIpc) is 3.26. The fraction of sp³-hybridized carbons (Fsp3) is 0.250. The number of carbonyl (C=O) groups is 1. The first-order valence-corrected chi connectivity index (χ1v) is 9.89. The van der Waals surface area contributed by atoms with Crippen molar-refractivity contribution in [3.8, 4) is 22.9 Å². The maximum absolute atomic E-state index is 14.8. The van der Waals surface area contributed by atoms with Gasteiger partial charge in [0.2, 0.25) is 0 Å². The molecule has 2 amide bonds. The number of aromatic nitrogens is 4. The second-order valence-corrected chi connectivity index (χ2v) is 7.72. The number of rotatable bonds is 3. The highest BCUT2D eigenvalue weighted by Gasteiger charge is 2.44. The largest absolute Gasteiger partial charge is 0.453 e. The molecule has 153 valence electrons. The standard InChI is InChI=1S/C20H17ClFN6O2/c21-12-7-8-14(15-16(12)23-19(29)24-20(15)9-2-1-3-10-20)30-17-11(5-4-6-13(17)22)18-25-27-28-26-18/h2,4-8H,1,3,9-10H2,(H2,23,24,29)(H,25,26,27,28). The summed E-state index contributed by atoms with van der Waals surface area (Å²) in [6.07, 6.45) is 5.35. The number of fused-ring (bicyclic) bond motifs is 2. The summed E-state index contributed by atoms with van der Waals surface area (Å²) in [4.78, 5) is 12.4. The van der Waals surface area contributed by atoms with Crippen LogP contribution in [0.15, 0.2) is 30.3 Å². The number of H-pyrrole nitrogens is 1. The van der Waals surface area contributed by atoms with Crippen LogP contribution in [-0.4, -0.2) is 26.7 Å². The highest BCUT2D eigenvalue weighted by molar-refractivity contribution is 6.34. The Kier molecular flexibility index (Phi) is 4.54. The van der Waals surface area contributed by atoms with Gasteiger partial charge in [-0.05, 0) is 60.4 Å². The van der Waals surface area contributed by atoms with Crippen molar-refractivity contribution in [2.24, 2.45) is 0 Å². The van der Waals surface area contributed by atoms with Crippen LogP contribution in [0.2, 0.25) is 5.02 Å². The zero-order chi connectivity index (χ0) is 20.7. The lowest BCUT2D eigenvalue weighted by atomic mass is 9.74. The highest BCUT2D eigenvalue weighted by atomic mass is 35.5. The van der Waals surface area contributed by atoms with Gasteiger partial charge in [0, 0.05) is 5.56 Å². The molecule has 30 heavy (non-hydrogen) atoms. The molecule has 1 atom stereocenters. The van der Waals surface area contributed by atoms with Crippen molar-refractivity contribution in [2.45, 2.75) is 31.2 Å². The number of urea groups is 1. The van der Waals surface area contributed by atoms with Crippen LogP contribution in [0.5, 0.6) is 11.5 Å². The quantitative estimate of drug-likeness (QED) is 0.568. The zero-order valence-electron chi connectivity index (χ0n) is 15.7. The molecule has 2 heterocycles. The van der Waals surface area contributed by atoms with Crippen LogP contribution in [0.3, 0.4) is 0 Å². The van der Waals surface area contributed by atoms with Crippen LogP contribution in [0, 0.1) is 12.2 Å². The number of nitrogens with one attached hydrogen (secondary N) is 3. The molecule has 10 heteroatoms. The third-order valence-corrected chi connectivity index (χ3v) is 5.79. The number of para-hydroxylation sites is 1. The summed E-state index contributed by atoms with van der Waals surface area (Å²) in [6.45, 7) is 0. The van der Waals surface area contributed by atoms with Crippen molar-refractivity contribution in [2.75, 3.05) is 5.32 Å². The number of nitrogens with zero attached hydrogens (tertiary/aromatic N) is 3. The lowest BCUT2D eigenvalue weighted by Gasteiger charge is -2.43. The number of aromatic amines is 1. The molecule has 3 N–H and O–H groups in total. The van der Waals surface area contributed by atoms with Gasteiger partial charge in [-0.2, -0.15) is 0 Å². The van der Waals surface area contributed by atoms with Crippen LogP contribution in [-0.2, 0) is 5.54 Å². The molecule has 2 aliphatic rings. The van der Waals surface area contributed by atoms with Gasteiger partial charge in [0.15, 0.2) is 17.4 Å². The van der Waals surface area contributed by atoms with Gasteiger partial charge in [-0.3, -0.25) is 0 Å². The van der Waals surface area contributed by atoms with Gasteiger partial charge < -0.3 is 15.4 Å². The second-order valence-electron chi connectivity index (χ2n) is 7.31. The van der Waals surface area contributed by atoms with Crippen molar-refractivity contribution in [3.63, 3.8) is 0 Å². The first-order valence-electron chi connectivity index (χ1n) is 9.52. The lowest BCUT2D eigenvalue weighted by Crippen LogP contribution is -2.53. The normalized spacial score (nSPS) is 17.2. The summed E-state index contributed by atoms with van der Waals surface area (Å²) < 4.78 is 20.9.